The van der Waals surface area contributed by atoms with Crippen LogP contribution in [0.1, 0.15) is 5.01 Å². The normalized spacial score (nSPS) is 17.6. The van der Waals surface area contributed by atoms with Crippen molar-refractivity contribution in [2.24, 2.45) is 0 Å². The Labute approximate surface area is 121 Å². The van der Waals surface area contributed by atoms with Crippen LogP contribution in [0, 0.1) is 0 Å². The number of fused-ring (bicyclic) bond motifs is 1. The molecule has 108 valence electrons. The zero-order valence-electron chi connectivity index (χ0n) is 10.8. The first kappa shape index (κ1) is 13.9. The quantitative estimate of drug-likeness (QED) is 0.913. The third kappa shape index (κ3) is 2.99. The number of morpholine rings is 1. The first-order valence-electron chi connectivity index (χ1n) is 6.32. The molecule has 6 nitrogen and oxygen atoms in total. The Kier molecular flexibility index (Phi) is 3.99. The number of nitrogens with one attached hydrogen (secondary N) is 1. The van der Waals surface area contributed by atoms with E-state index in [0.29, 0.717) is 26.3 Å². The number of nitrogens with zero attached hydrogens (tertiary/aromatic N) is 2. The highest BCUT2D eigenvalue weighted by molar-refractivity contribution is 7.87. The molecule has 0 radical (unpaired) electrons. The maximum Gasteiger partial charge on any atom is 0.279 e. The highest BCUT2D eigenvalue weighted by Crippen LogP contribution is 2.21. The molecule has 0 unspecified atom stereocenters. The first-order chi connectivity index (χ1) is 9.65. The van der Waals surface area contributed by atoms with Gasteiger partial charge in [-0.1, -0.05) is 12.1 Å². The van der Waals surface area contributed by atoms with E-state index in [1.807, 2.05) is 24.3 Å². The maximum absolute atomic E-state index is 12.1. The molecule has 0 aliphatic carbocycles. The number of rotatable bonds is 4. The zero-order valence-corrected chi connectivity index (χ0v) is 12.4. The Hall–Kier alpha value is -1.06. The van der Waals surface area contributed by atoms with Gasteiger partial charge in [0.1, 0.15) is 5.01 Å². The van der Waals surface area contributed by atoms with Gasteiger partial charge in [-0.25, -0.2) is 4.98 Å². The molecule has 8 heteroatoms. The molecule has 1 aliphatic rings. The van der Waals surface area contributed by atoms with E-state index in [2.05, 4.69) is 9.71 Å². The van der Waals surface area contributed by atoms with E-state index in [4.69, 9.17) is 4.74 Å². The second-order valence-corrected chi connectivity index (χ2v) is 7.28. The lowest BCUT2D eigenvalue weighted by Gasteiger charge is -2.25. The van der Waals surface area contributed by atoms with Crippen LogP contribution in [0.2, 0.25) is 0 Å². The SMILES string of the molecule is O=S(=O)(NCc1nc2ccccc2s1)N1CCOCC1. The monoisotopic (exact) mass is 313 g/mol. The molecule has 1 fully saturated rings. The third-order valence-electron chi connectivity index (χ3n) is 3.05. The van der Waals surface area contributed by atoms with Gasteiger partial charge in [0.05, 0.1) is 30.0 Å². The summed E-state index contributed by atoms with van der Waals surface area (Å²) in [5.41, 5.74) is 0.901. The van der Waals surface area contributed by atoms with Gasteiger partial charge in [0.15, 0.2) is 0 Å². The van der Waals surface area contributed by atoms with Crippen molar-refractivity contribution in [2.75, 3.05) is 26.3 Å². The zero-order chi connectivity index (χ0) is 14.0. The summed E-state index contributed by atoms with van der Waals surface area (Å²) < 4.78 is 34.4. The summed E-state index contributed by atoms with van der Waals surface area (Å²) in [6.07, 6.45) is 0. The van der Waals surface area contributed by atoms with Crippen molar-refractivity contribution in [1.29, 1.82) is 0 Å². The molecule has 0 saturated carbocycles. The molecule has 2 aromatic rings. The fourth-order valence-electron chi connectivity index (χ4n) is 2.03. The van der Waals surface area contributed by atoms with Crippen molar-refractivity contribution in [2.45, 2.75) is 6.54 Å². The van der Waals surface area contributed by atoms with Crippen LogP contribution in [0.3, 0.4) is 0 Å². The minimum absolute atomic E-state index is 0.221. The summed E-state index contributed by atoms with van der Waals surface area (Å²) in [7, 11) is -3.45. The summed E-state index contributed by atoms with van der Waals surface area (Å²) in [5, 5.41) is 0.767. The summed E-state index contributed by atoms with van der Waals surface area (Å²) >= 11 is 1.50. The predicted molar refractivity (Wildman–Crippen MR) is 77.8 cm³/mol. The lowest BCUT2D eigenvalue weighted by Crippen LogP contribution is -2.46. The average molecular weight is 313 g/mol. The van der Waals surface area contributed by atoms with Gasteiger partial charge in [-0.2, -0.15) is 17.4 Å². The topological polar surface area (TPSA) is 71.5 Å². The second kappa shape index (κ2) is 5.74. The van der Waals surface area contributed by atoms with E-state index in [1.165, 1.54) is 15.6 Å². The van der Waals surface area contributed by atoms with Crippen molar-refractivity contribution in [3.05, 3.63) is 29.3 Å². The molecule has 0 spiro atoms. The number of hydrogen-bond donors (Lipinski definition) is 1. The van der Waals surface area contributed by atoms with E-state index in [9.17, 15) is 8.42 Å². The highest BCUT2D eigenvalue weighted by Gasteiger charge is 2.24. The number of thiazole rings is 1. The summed E-state index contributed by atoms with van der Waals surface area (Å²) in [6, 6.07) is 7.77. The smallest absolute Gasteiger partial charge is 0.279 e. The third-order valence-corrected chi connectivity index (χ3v) is 5.64. The van der Waals surface area contributed by atoms with Crippen molar-refractivity contribution in [1.82, 2.24) is 14.0 Å². The predicted octanol–water partition coefficient (Wildman–Crippen LogP) is 0.963. The average Bonchev–Trinajstić information content (AvgIpc) is 2.89. The molecule has 3 rings (SSSR count). The van der Waals surface area contributed by atoms with E-state index in [0.717, 1.165) is 15.2 Å². The van der Waals surface area contributed by atoms with Gasteiger partial charge in [0.2, 0.25) is 0 Å². The van der Waals surface area contributed by atoms with Gasteiger partial charge in [0, 0.05) is 13.1 Å². The van der Waals surface area contributed by atoms with Crippen molar-refractivity contribution >= 4 is 31.8 Å². The molecule has 1 N–H and O–H groups in total. The summed E-state index contributed by atoms with van der Waals surface area (Å²) in [4.78, 5) is 4.41. The maximum atomic E-state index is 12.1. The molecule has 0 amide bonds. The molecular formula is C12H15N3O3S2. The first-order valence-corrected chi connectivity index (χ1v) is 8.58. The minimum Gasteiger partial charge on any atom is -0.379 e. The van der Waals surface area contributed by atoms with Crippen LogP contribution in [0.4, 0.5) is 0 Å². The van der Waals surface area contributed by atoms with Crippen molar-refractivity contribution < 1.29 is 13.2 Å². The van der Waals surface area contributed by atoms with Gasteiger partial charge < -0.3 is 4.74 Å². The van der Waals surface area contributed by atoms with Crippen LogP contribution in [0.15, 0.2) is 24.3 Å². The number of ether oxygens (including phenoxy) is 1. The van der Waals surface area contributed by atoms with Crippen LogP contribution in [0.25, 0.3) is 10.2 Å². The highest BCUT2D eigenvalue weighted by atomic mass is 32.2. The van der Waals surface area contributed by atoms with E-state index < -0.39 is 10.2 Å². The van der Waals surface area contributed by atoms with E-state index in [-0.39, 0.29) is 6.54 Å². The Morgan fingerprint density at radius 3 is 2.80 bits per heavy atom. The fourth-order valence-corrected chi connectivity index (χ4v) is 4.16. The van der Waals surface area contributed by atoms with Crippen molar-refractivity contribution in [3.63, 3.8) is 0 Å². The molecule has 20 heavy (non-hydrogen) atoms. The van der Waals surface area contributed by atoms with Gasteiger partial charge in [-0.05, 0) is 12.1 Å². The summed E-state index contributed by atoms with van der Waals surface area (Å²) in [6.45, 7) is 1.91. The van der Waals surface area contributed by atoms with Gasteiger partial charge in [-0.3, -0.25) is 0 Å². The van der Waals surface area contributed by atoms with Crippen LogP contribution < -0.4 is 4.72 Å². The number of aromatic nitrogens is 1. The minimum atomic E-state index is -3.45. The van der Waals surface area contributed by atoms with Crippen LogP contribution in [-0.2, 0) is 21.5 Å². The molecule has 1 saturated heterocycles. The summed E-state index contributed by atoms with van der Waals surface area (Å²) in [5.74, 6) is 0. The molecule has 1 aromatic carbocycles. The fraction of sp³-hybridized carbons (Fsp3) is 0.417. The van der Waals surface area contributed by atoms with E-state index >= 15 is 0 Å². The Morgan fingerprint density at radius 1 is 1.30 bits per heavy atom. The molecule has 0 atom stereocenters. The van der Waals surface area contributed by atoms with Crippen LogP contribution >= 0.6 is 11.3 Å². The van der Waals surface area contributed by atoms with Gasteiger partial charge in [-0.15, -0.1) is 11.3 Å². The molecular weight excluding hydrogens is 298 g/mol. The van der Waals surface area contributed by atoms with Gasteiger partial charge in [0.25, 0.3) is 10.2 Å². The number of para-hydroxylation sites is 1. The lowest BCUT2D eigenvalue weighted by atomic mass is 10.3. The molecule has 2 heterocycles. The Morgan fingerprint density at radius 2 is 2.05 bits per heavy atom. The van der Waals surface area contributed by atoms with E-state index in [1.54, 1.807) is 0 Å². The standard InChI is InChI=1S/C12H15N3O3S2/c16-20(17,15-5-7-18-8-6-15)13-9-12-14-10-3-1-2-4-11(10)19-12/h1-4,13H,5-9H2. The second-order valence-electron chi connectivity index (χ2n) is 4.41. The van der Waals surface area contributed by atoms with Crippen LogP contribution in [-0.4, -0.2) is 44.0 Å². The number of benzene rings is 1. The molecule has 1 aromatic heterocycles. The Bertz CT molecular complexity index is 660. The van der Waals surface area contributed by atoms with Crippen molar-refractivity contribution in [3.8, 4) is 0 Å². The van der Waals surface area contributed by atoms with Gasteiger partial charge >= 0.3 is 0 Å². The van der Waals surface area contributed by atoms with Crippen LogP contribution in [0.5, 0.6) is 0 Å². The lowest BCUT2D eigenvalue weighted by molar-refractivity contribution is 0.0725. The number of hydrogen-bond acceptors (Lipinski definition) is 5. The largest absolute Gasteiger partial charge is 0.379 e. The Balaban J connectivity index is 1.68. The molecule has 1 aliphatic heterocycles. The molecule has 0 bridgehead atoms.